The molecule has 0 spiro atoms. The van der Waals surface area contributed by atoms with Gasteiger partial charge in [0.2, 0.25) is 0 Å². The summed E-state index contributed by atoms with van der Waals surface area (Å²) >= 11 is 3.79. The molecule has 2 heterocycles. The number of nitrogens with zero attached hydrogens (tertiary/aromatic N) is 2. The van der Waals surface area contributed by atoms with Crippen molar-refractivity contribution in [1.29, 1.82) is 0 Å². The smallest absolute Gasteiger partial charge is 0.317 e. The van der Waals surface area contributed by atoms with Gasteiger partial charge in [0.05, 0.1) is 4.60 Å². The highest BCUT2D eigenvalue weighted by molar-refractivity contribution is 9.10. The zero-order chi connectivity index (χ0) is 22.3. The summed E-state index contributed by atoms with van der Waals surface area (Å²) in [6, 6.07) is 5.26. The first-order valence-electron chi connectivity index (χ1n) is 11.7. The number of rotatable bonds is 6. The highest BCUT2D eigenvalue weighted by Crippen LogP contribution is 2.46. The molecular formula is C25H35BrN4O. The van der Waals surface area contributed by atoms with Gasteiger partial charge in [-0.05, 0) is 85.3 Å². The summed E-state index contributed by atoms with van der Waals surface area (Å²) in [7, 11) is 0. The van der Waals surface area contributed by atoms with Crippen LogP contribution in [0.25, 0.3) is 16.5 Å². The molecule has 1 aromatic heterocycles. The summed E-state index contributed by atoms with van der Waals surface area (Å²) in [5.74, 6) is 0.402. The van der Waals surface area contributed by atoms with E-state index in [0.29, 0.717) is 12.0 Å². The molecule has 1 aliphatic carbocycles. The van der Waals surface area contributed by atoms with Crippen LogP contribution >= 0.6 is 15.9 Å². The molecule has 2 aromatic rings. The standard InChI is InChI=1S/C25H35BrN4O/c1-6-9-30-14-17(27-25(31)29(7-2)8-3)12-18-19-10-16(15(4)5)11-21-23(19)20(13-22(18)30)24(26)28-21/h10-11,17-18,22,28H,4,6-9,12-14H2,1-3,5H3,(H,27,31)/t17-,18+,22+/m0/s1. The van der Waals surface area contributed by atoms with Crippen molar-refractivity contribution >= 4 is 38.4 Å². The van der Waals surface area contributed by atoms with Crippen molar-refractivity contribution in [3.63, 3.8) is 0 Å². The van der Waals surface area contributed by atoms with Gasteiger partial charge >= 0.3 is 6.03 Å². The average molecular weight is 487 g/mol. The van der Waals surface area contributed by atoms with Crippen LogP contribution in [0.4, 0.5) is 4.79 Å². The maximum absolute atomic E-state index is 12.8. The van der Waals surface area contributed by atoms with Crippen molar-refractivity contribution < 1.29 is 4.79 Å². The summed E-state index contributed by atoms with van der Waals surface area (Å²) in [4.78, 5) is 20.9. The largest absolute Gasteiger partial charge is 0.349 e. The predicted octanol–water partition coefficient (Wildman–Crippen LogP) is 5.51. The first kappa shape index (κ1) is 22.4. The van der Waals surface area contributed by atoms with Gasteiger partial charge in [-0.2, -0.15) is 0 Å². The van der Waals surface area contributed by atoms with E-state index >= 15 is 0 Å². The van der Waals surface area contributed by atoms with Gasteiger partial charge < -0.3 is 15.2 Å². The van der Waals surface area contributed by atoms with Crippen LogP contribution in [-0.2, 0) is 6.42 Å². The van der Waals surface area contributed by atoms with Gasteiger partial charge in [-0.15, -0.1) is 0 Å². The number of piperidine rings is 1. The van der Waals surface area contributed by atoms with Gasteiger partial charge in [-0.3, -0.25) is 4.90 Å². The van der Waals surface area contributed by atoms with Gasteiger partial charge in [0.15, 0.2) is 0 Å². The maximum atomic E-state index is 12.8. The summed E-state index contributed by atoms with van der Waals surface area (Å²) < 4.78 is 1.11. The van der Waals surface area contributed by atoms with Crippen molar-refractivity contribution in [2.45, 2.75) is 65.0 Å². The number of hydrogen-bond donors (Lipinski definition) is 2. The minimum absolute atomic E-state index is 0.0617. The summed E-state index contributed by atoms with van der Waals surface area (Å²) in [5, 5.41) is 4.72. The minimum Gasteiger partial charge on any atom is -0.349 e. The molecule has 1 aromatic carbocycles. The van der Waals surface area contributed by atoms with Crippen molar-refractivity contribution in [3.05, 3.63) is 40.0 Å². The molecule has 1 aliphatic heterocycles. The Hall–Kier alpha value is -1.79. The third-order valence-corrected chi connectivity index (χ3v) is 7.78. The maximum Gasteiger partial charge on any atom is 0.317 e. The molecule has 1 fully saturated rings. The van der Waals surface area contributed by atoms with Gasteiger partial charge in [-0.25, -0.2) is 4.79 Å². The number of benzene rings is 1. The molecule has 2 aliphatic rings. The second kappa shape index (κ2) is 8.99. The summed E-state index contributed by atoms with van der Waals surface area (Å²) in [5.41, 5.74) is 6.27. The Labute approximate surface area is 194 Å². The Kier molecular flexibility index (Phi) is 6.50. The number of H-pyrrole nitrogens is 1. The fraction of sp³-hybridized carbons (Fsp3) is 0.560. The number of carbonyl (C=O) groups is 1. The number of aromatic amines is 1. The van der Waals surface area contributed by atoms with Crippen molar-refractivity contribution in [1.82, 2.24) is 20.1 Å². The van der Waals surface area contributed by atoms with Crippen LogP contribution in [0.5, 0.6) is 0 Å². The van der Waals surface area contributed by atoms with Gasteiger partial charge in [0.1, 0.15) is 0 Å². The van der Waals surface area contributed by atoms with Crippen LogP contribution in [0.3, 0.4) is 0 Å². The highest BCUT2D eigenvalue weighted by Gasteiger charge is 2.42. The molecule has 5 nitrogen and oxygen atoms in total. The quantitative estimate of drug-likeness (QED) is 0.565. The van der Waals surface area contributed by atoms with E-state index in [9.17, 15) is 4.79 Å². The Morgan fingerprint density at radius 2 is 2.06 bits per heavy atom. The number of likely N-dealkylation sites (tertiary alicyclic amines) is 1. The third-order valence-electron chi connectivity index (χ3n) is 7.10. The highest BCUT2D eigenvalue weighted by atomic mass is 79.9. The molecule has 2 amide bonds. The molecule has 0 radical (unpaired) electrons. The number of aromatic nitrogens is 1. The molecule has 6 heteroatoms. The normalized spacial score (nSPS) is 22.9. The lowest BCUT2D eigenvalue weighted by atomic mass is 9.73. The monoisotopic (exact) mass is 486 g/mol. The lowest BCUT2D eigenvalue weighted by Gasteiger charge is -2.47. The fourth-order valence-corrected chi connectivity index (χ4v) is 6.16. The van der Waals surface area contributed by atoms with E-state index < -0.39 is 0 Å². The third kappa shape index (κ3) is 4.05. The van der Waals surface area contributed by atoms with Crippen LogP contribution in [0, 0.1) is 0 Å². The van der Waals surface area contributed by atoms with E-state index in [1.807, 2.05) is 18.7 Å². The molecule has 0 bridgehead atoms. The summed E-state index contributed by atoms with van der Waals surface area (Å²) in [6.07, 6.45) is 3.14. The summed E-state index contributed by atoms with van der Waals surface area (Å²) in [6.45, 7) is 16.0. The Morgan fingerprint density at radius 1 is 1.32 bits per heavy atom. The van der Waals surface area contributed by atoms with E-state index in [-0.39, 0.29) is 12.1 Å². The Morgan fingerprint density at radius 3 is 2.71 bits per heavy atom. The van der Waals surface area contributed by atoms with Gasteiger partial charge in [0, 0.05) is 48.5 Å². The van der Waals surface area contributed by atoms with Gasteiger partial charge in [0.25, 0.3) is 0 Å². The van der Waals surface area contributed by atoms with Crippen LogP contribution in [0.1, 0.15) is 63.1 Å². The van der Waals surface area contributed by atoms with E-state index in [0.717, 1.165) is 55.6 Å². The lowest BCUT2D eigenvalue weighted by Crippen LogP contribution is -2.57. The van der Waals surface area contributed by atoms with Crippen molar-refractivity contribution in [2.24, 2.45) is 0 Å². The number of allylic oxidation sites excluding steroid dienone is 1. The van der Waals surface area contributed by atoms with Crippen LogP contribution in [0.15, 0.2) is 23.3 Å². The second-order valence-electron chi connectivity index (χ2n) is 9.11. The number of carbonyl (C=O) groups excluding carboxylic acids is 1. The Balaban J connectivity index is 1.73. The van der Waals surface area contributed by atoms with Crippen LogP contribution in [-0.4, -0.2) is 59.1 Å². The molecule has 31 heavy (non-hydrogen) atoms. The van der Waals surface area contributed by atoms with Crippen molar-refractivity contribution in [2.75, 3.05) is 26.2 Å². The molecular weight excluding hydrogens is 452 g/mol. The minimum atomic E-state index is 0.0617. The first-order chi connectivity index (χ1) is 14.9. The molecule has 0 unspecified atom stereocenters. The van der Waals surface area contributed by atoms with E-state index in [1.165, 1.54) is 27.6 Å². The van der Waals surface area contributed by atoms with E-state index in [4.69, 9.17) is 0 Å². The molecule has 168 valence electrons. The Bertz CT molecular complexity index is 993. The number of hydrogen-bond acceptors (Lipinski definition) is 2. The van der Waals surface area contributed by atoms with E-state index in [2.05, 4.69) is 63.7 Å². The average Bonchev–Trinajstić information content (AvgIpc) is 3.05. The van der Waals surface area contributed by atoms with Gasteiger partial charge in [-0.1, -0.05) is 25.1 Å². The zero-order valence-electron chi connectivity index (χ0n) is 19.2. The molecule has 3 atom stereocenters. The predicted molar refractivity (Wildman–Crippen MR) is 133 cm³/mol. The van der Waals surface area contributed by atoms with Crippen LogP contribution < -0.4 is 5.32 Å². The van der Waals surface area contributed by atoms with Crippen molar-refractivity contribution in [3.8, 4) is 0 Å². The molecule has 4 rings (SSSR count). The molecule has 0 saturated carbocycles. The number of halogens is 1. The number of urea groups is 1. The fourth-order valence-electron chi connectivity index (χ4n) is 5.59. The van der Waals surface area contributed by atoms with Crippen LogP contribution in [0.2, 0.25) is 0 Å². The second-order valence-corrected chi connectivity index (χ2v) is 9.91. The number of fused-ring (bicyclic) bond motifs is 2. The first-order valence-corrected chi connectivity index (χ1v) is 12.5. The van der Waals surface area contributed by atoms with E-state index in [1.54, 1.807) is 0 Å². The molecule has 2 N–H and O–H groups in total. The SMILES string of the molecule is C=C(C)c1cc2c3c(c(Br)[nH]c3c1)C[C@@H]1[C@@H]2C[C@H](NC(=O)N(CC)CC)CN1CCC. The molecule has 1 saturated heterocycles. The number of amides is 2. The number of nitrogens with one attached hydrogen (secondary N) is 2. The zero-order valence-corrected chi connectivity index (χ0v) is 20.8. The lowest BCUT2D eigenvalue weighted by molar-refractivity contribution is 0.0978. The topological polar surface area (TPSA) is 51.4 Å².